The second kappa shape index (κ2) is 5.50. The van der Waals surface area contributed by atoms with E-state index in [1.165, 1.54) is 5.56 Å². The van der Waals surface area contributed by atoms with Crippen LogP contribution in [0.25, 0.3) is 0 Å². The predicted molar refractivity (Wildman–Crippen MR) is 71.5 cm³/mol. The van der Waals surface area contributed by atoms with E-state index in [-0.39, 0.29) is 18.1 Å². The van der Waals surface area contributed by atoms with Crippen molar-refractivity contribution in [2.75, 3.05) is 18.5 Å². The topological polar surface area (TPSA) is 55.6 Å². The molecule has 2 N–H and O–H groups in total. The molecule has 18 heavy (non-hydrogen) atoms. The number of ether oxygens (including phenoxy) is 1. The molecule has 0 bridgehead atoms. The lowest BCUT2D eigenvalue weighted by Crippen LogP contribution is -2.37. The quantitative estimate of drug-likeness (QED) is 0.881. The van der Waals surface area contributed by atoms with Crippen LogP contribution >= 0.6 is 0 Å². The minimum absolute atomic E-state index is 0.00908. The first-order valence-corrected chi connectivity index (χ1v) is 6.31. The fourth-order valence-corrected chi connectivity index (χ4v) is 2.17. The lowest BCUT2D eigenvalue weighted by atomic mass is 10.1. The summed E-state index contributed by atoms with van der Waals surface area (Å²) in [5, 5.41) is 0. The highest BCUT2D eigenvalue weighted by atomic mass is 16.5. The number of likely N-dealkylation sites (N-methyl/N-ethyl adjacent to an activating group) is 1. The normalized spacial score (nSPS) is 23.1. The average molecular weight is 248 g/mol. The number of nitrogens with two attached hydrogens (primary N) is 1. The number of carbonyl (C=O) groups is 1. The molecule has 0 spiro atoms. The minimum atomic E-state index is -0.343. The maximum atomic E-state index is 12.3. The van der Waals surface area contributed by atoms with Crippen molar-refractivity contribution in [2.45, 2.75) is 32.0 Å². The van der Waals surface area contributed by atoms with Crippen molar-refractivity contribution in [3.8, 4) is 0 Å². The zero-order valence-electron chi connectivity index (χ0n) is 10.9. The smallest absolute Gasteiger partial charge is 0.255 e. The van der Waals surface area contributed by atoms with Gasteiger partial charge in [0.25, 0.3) is 5.91 Å². The second-order valence-electron chi connectivity index (χ2n) is 4.79. The number of carbonyl (C=O) groups excluding carboxylic acids is 1. The standard InChI is InChI=1S/C14H20N2O2/c1-10-3-5-11(6-4-10)16(2)14(17)13-8-7-12(9-15)18-13/h3-6,12-13H,7-9,15H2,1-2H3/t12-,13+/m1/s1. The van der Waals surface area contributed by atoms with Gasteiger partial charge in [0, 0.05) is 19.3 Å². The summed E-state index contributed by atoms with van der Waals surface area (Å²) < 4.78 is 5.62. The molecule has 2 rings (SSSR count). The summed E-state index contributed by atoms with van der Waals surface area (Å²) in [6.07, 6.45) is 1.32. The van der Waals surface area contributed by atoms with Crippen molar-refractivity contribution < 1.29 is 9.53 Å². The number of hydrogen-bond acceptors (Lipinski definition) is 3. The summed E-state index contributed by atoms with van der Waals surface area (Å²) in [6, 6.07) is 7.89. The molecular formula is C14H20N2O2. The van der Waals surface area contributed by atoms with Gasteiger partial charge in [0.2, 0.25) is 0 Å². The van der Waals surface area contributed by atoms with Crippen LogP contribution in [0.4, 0.5) is 5.69 Å². The molecule has 0 unspecified atom stereocenters. The van der Waals surface area contributed by atoms with Gasteiger partial charge >= 0.3 is 0 Å². The van der Waals surface area contributed by atoms with E-state index in [9.17, 15) is 4.79 Å². The second-order valence-corrected chi connectivity index (χ2v) is 4.79. The van der Waals surface area contributed by atoms with Gasteiger partial charge in [-0.05, 0) is 31.9 Å². The highest BCUT2D eigenvalue weighted by molar-refractivity contribution is 5.96. The third-order valence-electron chi connectivity index (χ3n) is 3.40. The van der Waals surface area contributed by atoms with Crippen LogP contribution in [-0.2, 0) is 9.53 Å². The Bertz CT molecular complexity index is 416. The summed E-state index contributed by atoms with van der Waals surface area (Å²) in [6.45, 7) is 2.51. The van der Waals surface area contributed by atoms with E-state index in [0.29, 0.717) is 6.54 Å². The van der Waals surface area contributed by atoms with Crippen LogP contribution < -0.4 is 10.6 Å². The van der Waals surface area contributed by atoms with E-state index in [0.717, 1.165) is 18.5 Å². The van der Waals surface area contributed by atoms with Gasteiger partial charge in [-0.25, -0.2) is 0 Å². The molecule has 1 fully saturated rings. The van der Waals surface area contributed by atoms with Gasteiger partial charge in [-0.3, -0.25) is 4.79 Å². The van der Waals surface area contributed by atoms with Crippen LogP contribution in [-0.4, -0.2) is 31.7 Å². The number of anilines is 1. The first-order chi connectivity index (χ1) is 8.61. The first kappa shape index (κ1) is 13.1. The SMILES string of the molecule is Cc1ccc(N(C)C(=O)[C@@H]2CC[C@H](CN)O2)cc1. The van der Waals surface area contributed by atoms with E-state index >= 15 is 0 Å². The predicted octanol–water partition coefficient (Wildman–Crippen LogP) is 1.46. The monoisotopic (exact) mass is 248 g/mol. The van der Waals surface area contributed by atoms with Crippen LogP contribution in [0, 0.1) is 6.92 Å². The van der Waals surface area contributed by atoms with Crippen molar-refractivity contribution in [1.82, 2.24) is 0 Å². The van der Waals surface area contributed by atoms with Gasteiger partial charge in [-0.1, -0.05) is 17.7 Å². The van der Waals surface area contributed by atoms with E-state index < -0.39 is 0 Å². The maximum absolute atomic E-state index is 12.3. The Morgan fingerprint density at radius 3 is 2.61 bits per heavy atom. The molecule has 1 aromatic carbocycles. The Hall–Kier alpha value is -1.39. The van der Waals surface area contributed by atoms with Gasteiger partial charge in [0.05, 0.1) is 6.10 Å². The molecule has 1 heterocycles. The van der Waals surface area contributed by atoms with E-state index in [2.05, 4.69) is 0 Å². The Labute approximate surface area is 108 Å². The molecule has 1 aliphatic heterocycles. The van der Waals surface area contributed by atoms with Gasteiger partial charge in [-0.15, -0.1) is 0 Å². The van der Waals surface area contributed by atoms with Gasteiger partial charge in [-0.2, -0.15) is 0 Å². The molecule has 1 amide bonds. The molecule has 1 aliphatic rings. The van der Waals surface area contributed by atoms with E-state index in [4.69, 9.17) is 10.5 Å². The summed E-state index contributed by atoms with van der Waals surface area (Å²) in [5.74, 6) is 0.00908. The fraction of sp³-hybridized carbons (Fsp3) is 0.500. The van der Waals surface area contributed by atoms with Crippen molar-refractivity contribution >= 4 is 11.6 Å². The molecular weight excluding hydrogens is 228 g/mol. The molecule has 0 aliphatic carbocycles. The van der Waals surface area contributed by atoms with Crippen LogP contribution in [0.1, 0.15) is 18.4 Å². The lowest BCUT2D eigenvalue weighted by Gasteiger charge is -2.21. The summed E-state index contributed by atoms with van der Waals surface area (Å²) in [5.41, 5.74) is 7.62. The zero-order chi connectivity index (χ0) is 13.1. The highest BCUT2D eigenvalue weighted by Gasteiger charge is 2.32. The molecule has 0 aromatic heterocycles. The molecule has 1 saturated heterocycles. The third-order valence-corrected chi connectivity index (χ3v) is 3.40. The number of benzene rings is 1. The van der Waals surface area contributed by atoms with Crippen molar-refractivity contribution in [3.05, 3.63) is 29.8 Å². The Morgan fingerprint density at radius 1 is 1.39 bits per heavy atom. The highest BCUT2D eigenvalue weighted by Crippen LogP contribution is 2.23. The van der Waals surface area contributed by atoms with Crippen molar-refractivity contribution in [1.29, 1.82) is 0 Å². The summed E-state index contributed by atoms with van der Waals surface area (Å²) in [4.78, 5) is 13.9. The van der Waals surface area contributed by atoms with Crippen LogP contribution in [0.2, 0.25) is 0 Å². The number of nitrogens with zero attached hydrogens (tertiary/aromatic N) is 1. The van der Waals surface area contributed by atoms with Crippen LogP contribution in [0.15, 0.2) is 24.3 Å². The van der Waals surface area contributed by atoms with Gasteiger partial charge < -0.3 is 15.4 Å². The van der Waals surface area contributed by atoms with Crippen molar-refractivity contribution in [3.63, 3.8) is 0 Å². The first-order valence-electron chi connectivity index (χ1n) is 6.31. The molecule has 0 radical (unpaired) electrons. The molecule has 2 atom stereocenters. The Kier molecular flexibility index (Phi) is 3.99. The minimum Gasteiger partial charge on any atom is -0.364 e. The molecule has 1 aromatic rings. The number of rotatable bonds is 3. The molecule has 4 nitrogen and oxygen atoms in total. The Balaban J connectivity index is 2.03. The van der Waals surface area contributed by atoms with Crippen molar-refractivity contribution in [2.24, 2.45) is 5.73 Å². The summed E-state index contributed by atoms with van der Waals surface area (Å²) >= 11 is 0. The zero-order valence-corrected chi connectivity index (χ0v) is 10.9. The number of amides is 1. The average Bonchev–Trinajstić information content (AvgIpc) is 2.86. The van der Waals surface area contributed by atoms with Gasteiger partial charge in [0.1, 0.15) is 6.10 Å². The van der Waals surface area contributed by atoms with E-state index in [1.807, 2.05) is 31.2 Å². The number of hydrogen-bond donors (Lipinski definition) is 1. The van der Waals surface area contributed by atoms with Gasteiger partial charge in [0.15, 0.2) is 0 Å². The lowest BCUT2D eigenvalue weighted by molar-refractivity contribution is -0.128. The molecule has 4 heteroatoms. The molecule has 0 saturated carbocycles. The maximum Gasteiger partial charge on any atom is 0.255 e. The van der Waals surface area contributed by atoms with Crippen LogP contribution in [0.3, 0.4) is 0 Å². The third kappa shape index (κ3) is 2.71. The molecule has 98 valence electrons. The Morgan fingerprint density at radius 2 is 2.06 bits per heavy atom. The van der Waals surface area contributed by atoms with Crippen LogP contribution in [0.5, 0.6) is 0 Å². The summed E-state index contributed by atoms with van der Waals surface area (Å²) in [7, 11) is 1.78. The number of aryl methyl sites for hydroxylation is 1. The van der Waals surface area contributed by atoms with E-state index in [1.54, 1.807) is 11.9 Å². The largest absolute Gasteiger partial charge is 0.364 e. The fourth-order valence-electron chi connectivity index (χ4n) is 2.17.